The lowest BCUT2D eigenvalue weighted by Crippen LogP contribution is -2.19. The second-order valence-corrected chi connectivity index (χ2v) is 2.80. The maximum atomic E-state index is 10.4. The van der Waals surface area contributed by atoms with Gasteiger partial charge in [0.15, 0.2) is 0 Å². The summed E-state index contributed by atoms with van der Waals surface area (Å²) in [5.74, 6) is -1.00. The van der Waals surface area contributed by atoms with E-state index >= 15 is 0 Å². The fourth-order valence-electron chi connectivity index (χ4n) is 0.198. The topological polar surface area (TPSA) is 86.5 Å². The van der Waals surface area contributed by atoms with Crippen molar-refractivity contribution in [1.29, 1.82) is 0 Å². The van der Waals surface area contributed by atoms with Crippen molar-refractivity contribution >= 4 is 16.1 Å². The summed E-state index contributed by atoms with van der Waals surface area (Å²) >= 11 is 0. The van der Waals surface area contributed by atoms with Gasteiger partial charge in [-0.3, -0.25) is 0 Å². The van der Waals surface area contributed by atoms with Crippen molar-refractivity contribution in [1.82, 2.24) is 0 Å². The highest BCUT2D eigenvalue weighted by Gasteiger charge is 2.09. The Morgan fingerprint density at radius 3 is 2.50 bits per heavy atom. The fraction of sp³-hybridized carbons (Fsp3) is 0.250. The van der Waals surface area contributed by atoms with Crippen molar-refractivity contribution in [3.8, 4) is 0 Å². The van der Waals surface area contributed by atoms with Crippen LogP contribution in [-0.4, -0.2) is 20.9 Å². The van der Waals surface area contributed by atoms with Gasteiger partial charge in [0.2, 0.25) is 0 Å². The van der Waals surface area contributed by atoms with E-state index in [9.17, 15) is 13.2 Å². The predicted molar refractivity (Wildman–Crippen MR) is 34.3 cm³/mol. The van der Waals surface area contributed by atoms with Gasteiger partial charge in [0.1, 0.15) is 0 Å². The minimum Gasteiger partial charge on any atom is -0.341 e. The van der Waals surface area contributed by atoms with Crippen molar-refractivity contribution in [2.75, 3.05) is 6.54 Å². The summed E-state index contributed by atoms with van der Waals surface area (Å²) in [5.41, 5.74) is 4.76. The molecule has 0 unspecified atom stereocenters. The van der Waals surface area contributed by atoms with E-state index in [4.69, 9.17) is 5.73 Å². The molecule has 0 aliphatic carbocycles. The lowest BCUT2D eigenvalue weighted by Gasteiger charge is -1.96. The van der Waals surface area contributed by atoms with E-state index < -0.39 is 22.6 Å². The van der Waals surface area contributed by atoms with Crippen molar-refractivity contribution in [3.63, 3.8) is 0 Å². The van der Waals surface area contributed by atoms with Crippen LogP contribution in [0.25, 0.3) is 0 Å². The lowest BCUT2D eigenvalue weighted by molar-refractivity contribution is -0.132. The molecular formula is C4H7NO4S. The third-order valence-corrected chi connectivity index (χ3v) is 1.41. The molecule has 0 spiro atoms. The van der Waals surface area contributed by atoms with Crippen LogP contribution >= 0.6 is 0 Å². The van der Waals surface area contributed by atoms with Crippen LogP contribution in [0.2, 0.25) is 0 Å². The average Bonchev–Trinajstić information content (AvgIpc) is 1.87. The Labute approximate surface area is 58.6 Å². The summed E-state index contributed by atoms with van der Waals surface area (Å²) in [6.07, 6.45) is 0. The first-order valence-electron chi connectivity index (χ1n) is 2.31. The lowest BCUT2D eigenvalue weighted by atomic mass is 10.7. The third-order valence-electron chi connectivity index (χ3n) is 0.580. The standard InChI is InChI=1S/C4H7NO4S/c1-2-10(7,8)9-4(6)3-5/h2H,1,3,5H2. The molecule has 0 aromatic rings. The first kappa shape index (κ1) is 9.12. The summed E-state index contributed by atoms with van der Waals surface area (Å²) in [6.45, 7) is 2.45. The number of nitrogens with two attached hydrogens (primary N) is 1. The largest absolute Gasteiger partial charge is 0.341 e. The van der Waals surface area contributed by atoms with E-state index in [0.29, 0.717) is 5.41 Å². The molecule has 5 nitrogen and oxygen atoms in total. The Morgan fingerprint density at radius 1 is 1.70 bits per heavy atom. The molecule has 0 aromatic carbocycles. The molecule has 0 amide bonds. The zero-order valence-electron chi connectivity index (χ0n) is 5.11. The summed E-state index contributed by atoms with van der Waals surface area (Å²) in [6, 6.07) is 0. The minimum absolute atomic E-state index is 0.465. The fourth-order valence-corrected chi connectivity index (χ4v) is 0.593. The Kier molecular flexibility index (Phi) is 3.04. The maximum Gasteiger partial charge on any atom is 0.335 e. The van der Waals surface area contributed by atoms with Gasteiger partial charge < -0.3 is 9.92 Å². The van der Waals surface area contributed by atoms with Crippen LogP contribution in [0, 0.1) is 0 Å². The molecule has 0 bridgehead atoms. The quantitative estimate of drug-likeness (QED) is 0.540. The van der Waals surface area contributed by atoms with Crippen molar-refractivity contribution in [3.05, 3.63) is 12.0 Å². The Morgan fingerprint density at radius 2 is 2.20 bits per heavy atom. The van der Waals surface area contributed by atoms with Gasteiger partial charge in [-0.05, 0) is 0 Å². The number of carbonyl (C=O) groups excluding carboxylic acids is 1. The first-order chi connectivity index (χ1) is 4.52. The van der Waals surface area contributed by atoms with Gasteiger partial charge in [-0.25, -0.2) is 4.79 Å². The molecule has 0 heterocycles. The highest BCUT2D eigenvalue weighted by molar-refractivity contribution is 7.90. The van der Waals surface area contributed by atoms with E-state index in [2.05, 4.69) is 10.8 Å². The summed E-state index contributed by atoms with van der Waals surface area (Å²) in [5, 5.41) is 0.528. The van der Waals surface area contributed by atoms with E-state index in [0.717, 1.165) is 0 Å². The predicted octanol–water partition coefficient (Wildman–Crippen LogP) is -1.04. The highest BCUT2D eigenvalue weighted by atomic mass is 32.2. The van der Waals surface area contributed by atoms with Crippen LogP contribution in [0.4, 0.5) is 0 Å². The monoisotopic (exact) mass is 165 g/mol. The number of rotatable bonds is 3. The van der Waals surface area contributed by atoms with Gasteiger partial charge in [0, 0.05) is 0 Å². The van der Waals surface area contributed by atoms with Crippen LogP contribution in [0.5, 0.6) is 0 Å². The Hall–Kier alpha value is -0.880. The average molecular weight is 165 g/mol. The molecule has 0 aliphatic rings. The normalized spacial score (nSPS) is 10.5. The summed E-state index contributed by atoms with van der Waals surface area (Å²) in [4.78, 5) is 10.2. The van der Waals surface area contributed by atoms with Crippen LogP contribution in [0.3, 0.4) is 0 Å². The van der Waals surface area contributed by atoms with Crippen LogP contribution < -0.4 is 5.73 Å². The first-order valence-corrected chi connectivity index (χ1v) is 3.79. The maximum absolute atomic E-state index is 10.4. The molecule has 6 heteroatoms. The molecule has 0 aromatic heterocycles. The van der Waals surface area contributed by atoms with Gasteiger partial charge >= 0.3 is 16.1 Å². The second kappa shape index (κ2) is 3.33. The molecule has 0 fully saturated rings. The van der Waals surface area contributed by atoms with Crippen LogP contribution in [-0.2, 0) is 19.1 Å². The minimum atomic E-state index is -3.90. The molecule has 58 valence electrons. The van der Waals surface area contributed by atoms with E-state index in [-0.39, 0.29) is 0 Å². The van der Waals surface area contributed by atoms with Gasteiger partial charge in [0.25, 0.3) is 0 Å². The van der Waals surface area contributed by atoms with Gasteiger partial charge in [-0.2, -0.15) is 8.42 Å². The SMILES string of the molecule is C=CS(=O)(=O)OC(=O)CN. The molecule has 0 rings (SSSR count). The van der Waals surface area contributed by atoms with Crippen molar-refractivity contribution in [2.45, 2.75) is 0 Å². The van der Waals surface area contributed by atoms with Crippen molar-refractivity contribution in [2.24, 2.45) is 5.73 Å². The summed E-state index contributed by atoms with van der Waals surface area (Å²) < 4.78 is 24.5. The molecule has 0 radical (unpaired) electrons. The van der Waals surface area contributed by atoms with E-state index in [1.807, 2.05) is 0 Å². The van der Waals surface area contributed by atoms with Crippen LogP contribution in [0.1, 0.15) is 0 Å². The molecule has 0 saturated carbocycles. The smallest absolute Gasteiger partial charge is 0.335 e. The number of hydrogen-bond donors (Lipinski definition) is 1. The summed E-state index contributed by atoms with van der Waals surface area (Å²) in [7, 11) is -3.90. The van der Waals surface area contributed by atoms with Gasteiger partial charge in [-0.1, -0.05) is 6.58 Å². The zero-order chi connectivity index (χ0) is 8.20. The molecule has 0 aliphatic heterocycles. The molecule has 0 atom stereocenters. The Bertz CT molecular complexity index is 230. The van der Waals surface area contributed by atoms with E-state index in [1.165, 1.54) is 0 Å². The number of hydrogen-bond acceptors (Lipinski definition) is 5. The van der Waals surface area contributed by atoms with Crippen LogP contribution in [0.15, 0.2) is 12.0 Å². The highest BCUT2D eigenvalue weighted by Crippen LogP contribution is 1.92. The zero-order valence-corrected chi connectivity index (χ0v) is 5.93. The Balaban J connectivity index is 4.17. The van der Waals surface area contributed by atoms with Gasteiger partial charge in [-0.15, -0.1) is 0 Å². The molecule has 10 heavy (non-hydrogen) atoms. The number of carbonyl (C=O) groups is 1. The molecular weight excluding hydrogens is 158 g/mol. The van der Waals surface area contributed by atoms with Crippen molar-refractivity contribution < 1.29 is 17.4 Å². The van der Waals surface area contributed by atoms with E-state index in [1.54, 1.807) is 0 Å². The second-order valence-electron chi connectivity index (χ2n) is 1.32. The third kappa shape index (κ3) is 3.21. The molecule has 0 saturated heterocycles. The van der Waals surface area contributed by atoms with Gasteiger partial charge in [0.05, 0.1) is 12.0 Å². The molecule has 2 N–H and O–H groups in total.